The van der Waals surface area contributed by atoms with Gasteiger partial charge in [-0.2, -0.15) is 0 Å². The summed E-state index contributed by atoms with van der Waals surface area (Å²) in [6.45, 7) is 6.35. The van der Waals surface area contributed by atoms with E-state index in [0.29, 0.717) is 0 Å². The van der Waals surface area contributed by atoms with Crippen molar-refractivity contribution in [3.8, 4) is 0 Å². The minimum atomic E-state index is 1.33. The number of rotatable bonds is 0. The fraction of sp³-hybridized carbons (Fsp3) is 0.273. The molecule has 1 rings (SSSR count). The zero-order valence-electron chi connectivity index (χ0n) is 7.39. The van der Waals surface area contributed by atoms with Crippen LogP contribution in [0.5, 0.6) is 0 Å². The molecule has 58 valence electrons. The summed E-state index contributed by atoms with van der Waals surface area (Å²) >= 11 is 0. The Morgan fingerprint density at radius 2 is 1.82 bits per heavy atom. The Hall–Kier alpha value is -1.04. The molecule has 0 N–H and O–H groups in total. The first kappa shape index (κ1) is 8.06. The van der Waals surface area contributed by atoms with E-state index in [-0.39, 0.29) is 0 Å². The molecule has 0 saturated heterocycles. The molecule has 0 heteroatoms. The van der Waals surface area contributed by atoms with Gasteiger partial charge in [-0.3, -0.25) is 0 Å². The van der Waals surface area contributed by atoms with Gasteiger partial charge in [0, 0.05) is 0 Å². The van der Waals surface area contributed by atoms with Gasteiger partial charge < -0.3 is 0 Å². The summed E-state index contributed by atoms with van der Waals surface area (Å²) in [7, 11) is 0. The smallest absolute Gasteiger partial charge is 0.0201 e. The molecule has 0 aliphatic carbocycles. The van der Waals surface area contributed by atoms with Crippen molar-refractivity contribution in [2.75, 3.05) is 0 Å². The summed E-state index contributed by atoms with van der Waals surface area (Å²) in [6, 6.07) is 8.45. The molecule has 0 atom stereocenters. The van der Waals surface area contributed by atoms with Gasteiger partial charge in [0.25, 0.3) is 0 Å². The van der Waals surface area contributed by atoms with Gasteiger partial charge in [0.05, 0.1) is 0 Å². The standard InChI is InChI=1S/C11H14/c1-4-10-7-5-6-8-11(10)9(2)3/h4-8H,1-3H3/b10-4-. The molecule has 0 aliphatic rings. The molecule has 0 nitrogen and oxygen atoms in total. The molecule has 0 heterocycles. The van der Waals surface area contributed by atoms with Crippen molar-refractivity contribution in [2.24, 2.45) is 0 Å². The van der Waals surface area contributed by atoms with E-state index < -0.39 is 0 Å². The Morgan fingerprint density at radius 3 is 2.27 bits per heavy atom. The van der Waals surface area contributed by atoms with E-state index in [9.17, 15) is 0 Å². The average Bonchev–Trinajstić information content (AvgIpc) is 2.04. The van der Waals surface area contributed by atoms with Crippen molar-refractivity contribution >= 4 is 11.6 Å². The van der Waals surface area contributed by atoms with Gasteiger partial charge in [0.15, 0.2) is 0 Å². The van der Waals surface area contributed by atoms with Gasteiger partial charge in [0.1, 0.15) is 0 Å². The van der Waals surface area contributed by atoms with Crippen LogP contribution in [0.3, 0.4) is 0 Å². The van der Waals surface area contributed by atoms with E-state index in [1.165, 1.54) is 16.0 Å². The highest BCUT2D eigenvalue weighted by atomic mass is 13.9. The van der Waals surface area contributed by atoms with E-state index in [4.69, 9.17) is 0 Å². The molecule has 0 aromatic heterocycles. The quantitative estimate of drug-likeness (QED) is 0.522. The lowest BCUT2D eigenvalue weighted by molar-refractivity contribution is 1.43. The van der Waals surface area contributed by atoms with Crippen LogP contribution in [0.25, 0.3) is 11.6 Å². The lowest BCUT2D eigenvalue weighted by Crippen LogP contribution is -2.24. The first-order valence-corrected chi connectivity index (χ1v) is 3.94. The highest BCUT2D eigenvalue weighted by molar-refractivity contribution is 5.40. The molecule has 0 fully saturated rings. The number of hydrogen-bond donors (Lipinski definition) is 0. The second-order valence-electron chi connectivity index (χ2n) is 2.88. The summed E-state index contributed by atoms with van der Waals surface area (Å²) in [5.74, 6) is 0. The van der Waals surface area contributed by atoms with Gasteiger partial charge in [-0.15, -0.1) is 0 Å². The van der Waals surface area contributed by atoms with Crippen molar-refractivity contribution in [3.05, 3.63) is 34.7 Å². The third kappa shape index (κ3) is 1.70. The predicted molar refractivity (Wildman–Crippen MR) is 50.6 cm³/mol. The molecule has 0 unspecified atom stereocenters. The Bertz CT molecular complexity index is 341. The predicted octanol–water partition coefficient (Wildman–Crippen LogP) is 1.68. The highest BCUT2D eigenvalue weighted by Crippen LogP contribution is 1.82. The normalized spacial score (nSPS) is 11.7. The zero-order valence-corrected chi connectivity index (χ0v) is 7.39. The molecule has 0 spiro atoms. The fourth-order valence-electron chi connectivity index (χ4n) is 1.20. The summed E-state index contributed by atoms with van der Waals surface area (Å²) in [5, 5.41) is 2.68. The lowest BCUT2D eigenvalue weighted by atomic mass is 10.1. The molecule has 0 amide bonds. The summed E-state index contributed by atoms with van der Waals surface area (Å²) in [5.41, 5.74) is 1.37. The van der Waals surface area contributed by atoms with Gasteiger partial charge in [-0.1, -0.05) is 35.9 Å². The molecule has 0 bridgehead atoms. The molecule has 0 radical (unpaired) electrons. The van der Waals surface area contributed by atoms with Gasteiger partial charge >= 0.3 is 0 Å². The summed E-state index contributed by atoms with van der Waals surface area (Å²) in [6.07, 6.45) is 2.14. The maximum atomic E-state index is 2.16. The largest absolute Gasteiger partial charge is 0.0798 e. The lowest BCUT2D eigenvalue weighted by Gasteiger charge is -1.91. The van der Waals surface area contributed by atoms with E-state index in [1.807, 2.05) is 0 Å². The second-order valence-corrected chi connectivity index (χ2v) is 2.88. The van der Waals surface area contributed by atoms with Crippen molar-refractivity contribution in [3.63, 3.8) is 0 Å². The fourth-order valence-corrected chi connectivity index (χ4v) is 1.20. The first-order chi connectivity index (χ1) is 5.25. The zero-order chi connectivity index (χ0) is 8.27. The van der Waals surface area contributed by atoms with E-state index >= 15 is 0 Å². The molecule has 11 heavy (non-hydrogen) atoms. The van der Waals surface area contributed by atoms with Crippen LogP contribution in [0.15, 0.2) is 24.3 Å². The van der Waals surface area contributed by atoms with E-state index in [2.05, 4.69) is 51.1 Å². The first-order valence-electron chi connectivity index (χ1n) is 3.94. The Kier molecular flexibility index (Phi) is 2.48. The molecular formula is C11H14. The summed E-state index contributed by atoms with van der Waals surface area (Å²) in [4.78, 5) is 0. The monoisotopic (exact) mass is 146 g/mol. The molecule has 1 aromatic rings. The van der Waals surface area contributed by atoms with Gasteiger partial charge in [-0.05, 0) is 31.2 Å². The average molecular weight is 146 g/mol. The van der Waals surface area contributed by atoms with Crippen LogP contribution in [0.1, 0.15) is 20.8 Å². The van der Waals surface area contributed by atoms with Crippen LogP contribution in [-0.4, -0.2) is 0 Å². The molecule has 0 saturated carbocycles. The molecule has 1 aromatic carbocycles. The molecular weight excluding hydrogens is 132 g/mol. The van der Waals surface area contributed by atoms with Crippen molar-refractivity contribution in [2.45, 2.75) is 20.8 Å². The Labute approximate surface area is 67.9 Å². The SMILES string of the molecule is C/C=c1/ccccc1=C(C)C. The van der Waals surface area contributed by atoms with Crippen molar-refractivity contribution in [1.82, 2.24) is 0 Å². The topological polar surface area (TPSA) is 0 Å². The third-order valence-electron chi connectivity index (χ3n) is 1.81. The van der Waals surface area contributed by atoms with Crippen LogP contribution in [0, 0.1) is 0 Å². The van der Waals surface area contributed by atoms with Crippen molar-refractivity contribution in [1.29, 1.82) is 0 Å². The maximum absolute atomic E-state index is 2.16. The second kappa shape index (κ2) is 3.38. The Morgan fingerprint density at radius 1 is 1.18 bits per heavy atom. The van der Waals surface area contributed by atoms with E-state index in [0.717, 1.165) is 0 Å². The number of benzene rings is 1. The van der Waals surface area contributed by atoms with Gasteiger partial charge in [-0.25, -0.2) is 0 Å². The van der Waals surface area contributed by atoms with Crippen LogP contribution < -0.4 is 10.4 Å². The van der Waals surface area contributed by atoms with Gasteiger partial charge in [0.2, 0.25) is 0 Å². The van der Waals surface area contributed by atoms with Crippen LogP contribution in [-0.2, 0) is 0 Å². The van der Waals surface area contributed by atoms with Crippen LogP contribution in [0.2, 0.25) is 0 Å². The Balaban J connectivity index is 3.64. The number of hydrogen-bond acceptors (Lipinski definition) is 0. The van der Waals surface area contributed by atoms with Crippen molar-refractivity contribution < 1.29 is 0 Å². The third-order valence-corrected chi connectivity index (χ3v) is 1.81. The minimum absolute atomic E-state index is 1.33. The maximum Gasteiger partial charge on any atom is -0.0201 e. The summed E-state index contributed by atoms with van der Waals surface area (Å²) < 4.78 is 0. The molecule has 0 aliphatic heterocycles. The van der Waals surface area contributed by atoms with E-state index in [1.54, 1.807) is 0 Å². The van der Waals surface area contributed by atoms with Crippen LogP contribution >= 0.6 is 0 Å². The highest BCUT2D eigenvalue weighted by Gasteiger charge is 1.83. The van der Waals surface area contributed by atoms with Crippen LogP contribution in [0.4, 0.5) is 0 Å². The minimum Gasteiger partial charge on any atom is -0.0798 e.